The molecule has 1 aliphatic rings. The average Bonchev–Trinajstić information content (AvgIpc) is 2.54. The Morgan fingerprint density at radius 2 is 1.92 bits per heavy atom. The van der Waals surface area contributed by atoms with Crippen molar-refractivity contribution in [3.63, 3.8) is 0 Å². The Morgan fingerprint density at radius 1 is 1.20 bits per heavy atom. The van der Waals surface area contributed by atoms with Crippen molar-refractivity contribution in [2.45, 2.75) is 12.5 Å². The number of aliphatic carboxylic acids is 1. The van der Waals surface area contributed by atoms with Crippen LogP contribution in [0.4, 0.5) is 11.4 Å². The van der Waals surface area contributed by atoms with Gasteiger partial charge in [-0.15, -0.1) is 0 Å². The van der Waals surface area contributed by atoms with Gasteiger partial charge in [-0.2, -0.15) is 0 Å². The zero-order valence-electron chi connectivity index (χ0n) is 12.9. The van der Waals surface area contributed by atoms with Gasteiger partial charge < -0.3 is 15.7 Å². The number of rotatable bonds is 3. The van der Waals surface area contributed by atoms with Crippen LogP contribution < -0.4 is 10.6 Å². The topological polar surface area (TPSA) is 78.4 Å². The number of carboxylic acids is 1. The largest absolute Gasteiger partial charge is 0.480 e. The second-order valence-corrected chi connectivity index (χ2v) is 7.34. The quantitative estimate of drug-likeness (QED) is 0.583. The number of benzene rings is 2. The van der Waals surface area contributed by atoms with Crippen LogP contribution >= 0.6 is 31.9 Å². The highest BCUT2D eigenvalue weighted by Crippen LogP contribution is 2.40. The molecule has 0 saturated carbocycles. The minimum atomic E-state index is -0.962. The molecule has 1 amide bonds. The number of carbonyl (C=O) groups excluding carboxylic acids is 1. The number of carbonyl (C=O) groups is 2. The van der Waals surface area contributed by atoms with Gasteiger partial charge in [0.1, 0.15) is 6.04 Å². The first-order valence-corrected chi connectivity index (χ1v) is 9.08. The third kappa shape index (κ3) is 4.11. The molecule has 1 heterocycles. The van der Waals surface area contributed by atoms with Crippen molar-refractivity contribution in [2.24, 2.45) is 0 Å². The Morgan fingerprint density at radius 3 is 2.60 bits per heavy atom. The average molecular weight is 466 g/mol. The van der Waals surface area contributed by atoms with Crippen LogP contribution in [0, 0.1) is 0 Å². The number of fused-ring (bicyclic) bond motifs is 1. The van der Waals surface area contributed by atoms with Gasteiger partial charge in [-0.1, -0.05) is 50.1 Å². The van der Waals surface area contributed by atoms with E-state index in [2.05, 4.69) is 42.5 Å². The molecule has 3 N–H and O–H groups in total. The fourth-order valence-corrected chi connectivity index (χ4v) is 4.19. The first-order valence-electron chi connectivity index (χ1n) is 7.49. The molecule has 0 aliphatic carbocycles. The molecule has 2 aromatic rings. The number of carboxylic acid groups (broad SMARTS) is 1. The normalized spacial score (nSPS) is 17.5. The molecule has 0 bridgehead atoms. The van der Waals surface area contributed by atoms with E-state index in [1.165, 1.54) is 6.08 Å². The molecular weight excluding hydrogens is 452 g/mol. The fraction of sp³-hybridized carbons (Fsp3) is 0.111. The zero-order chi connectivity index (χ0) is 18.0. The maximum atomic E-state index is 12.4. The molecule has 1 unspecified atom stereocenters. The lowest BCUT2D eigenvalue weighted by Gasteiger charge is -2.27. The van der Waals surface area contributed by atoms with E-state index in [1.54, 1.807) is 18.2 Å². The predicted octanol–water partition coefficient (Wildman–Crippen LogP) is 4.50. The van der Waals surface area contributed by atoms with E-state index >= 15 is 0 Å². The van der Waals surface area contributed by atoms with E-state index < -0.39 is 12.0 Å². The maximum absolute atomic E-state index is 12.4. The second-order valence-electron chi connectivity index (χ2n) is 5.57. The zero-order valence-corrected chi connectivity index (χ0v) is 16.1. The van der Waals surface area contributed by atoms with E-state index in [0.717, 1.165) is 14.5 Å². The number of para-hydroxylation sites is 1. The monoisotopic (exact) mass is 464 g/mol. The van der Waals surface area contributed by atoms with Crippen LogP contribution in [0.3, 0.4) is 0 Å². The highest BCUT2D eigenvalue weighted by Gasteiger charge is 2.29. The van der Waals surface area contributed by atoms with Gasteiger partial charge in [0.15, 0.2) is 0 Å². The van der Waals surface area contributed by atoms with Crippen LogP contribution in [0.5, 0.6) is 0 Å². The third-order valence-corrected chi connectivity index (χ3v) is 4.86. The van der Waals surface area contributed by atoms with E-state index in [-0.39, 0.29) is 12.3 Å². The lowest BCUT2D eigenvalue weighted by molar-refractivity contribution is -0.137. The first-order chi connectivity index (χ1) is 11.9. The summed E-state index contributed by atoms with van der Waals surface area (Å²) in [6, 6.07) is 12.0. The number of halogens is 2. The molecule has 0 spiro atoms. The van der Waals surface area contributed by atoms with E-state index in [4.69, 9.17) is 0 Å². The Labute approximate surface area is 161 Å². The number of nitrogens with one attached hydrogen (secondary N) is 2. The molecule has 0 fully saturated rings. The van der Waals surface area contributed by atoms with Gasteiger partial charge in [0.25, 0.3) is 0 Å². The van der Waals surface area contributed by atoms with Crippen molar-refractivity contribution in [2.75, 3.05) is 10.6 Å². The van der Waals surface area contributed by atoms with Gasteiger partial charge in [-0.25, -0.2) is 4.79 Å². The van der Waals surface area contributed by atoms with Crippen LogP contribution in [0.25, 0.3) is 5.57 Å². The number of anilines is 2. The Hall–Kier alpha value is -2.12. The minimum Gasteiger partial charge on any atom is -0.480 e. The molecule has 7 heteroatoms. The molecule has 1 atom stereocenters. The van der Waals surface area contributed by atoms with Crippen molar-refractivity contribution in [3.8, 4) is 0 Å². The lowest BCUT2D eigenvalue weighted by Crippen LogP contribution is -2.33. The summed E-state index contributed by atoms with van der Waals surface area (Å²) in [5.41, 5.74) is 2.81. The van der Waals surface area contributed by atoms with E-state index in [0.29, 0.717) is 16.9 Å². The summed E-state index contributed by atoms with van der Waals surface area (Å²) < 4.78 is 1.59. The van der Waals surface area contributed by atoms with Crippen molar-refractivity contribution in [1.29, 1.82) is 0 Å². The fourth-order valence-electron chi connectivity index (χ4n) is 2.71. The van der Waals surface area contributed by atoms with Crippen LogP contribution in [-0.2, 0) is 9.59 Å². The molecular formula is C18H14Br2N2O3. The van der Waals surface area contributed by atoms with E-state index in [9.17, 15) is 14.7 Å². The van der Waals surface area contributed by atoms with Crippen molar-refractivity contribution >= 4 is 60.7 Å². The maximum Gasteiger partial charge on any atom is 0.326 e. The lowest BCUT2D eigenvalue weighted by atomic mass is 9.92. The summed E-state index contributed by atoms with van der Waals surface area (Å²) in [5, 5.41) is 15.2. The molecule has 0 aromatic heterocycles. The predicted molar refractivity (Wildman–Crippen MR) is 105 cm³/mol. The molecule has 0 saturated heterocycles. The van der Waals surface area contributed by atoms with Gasteiger partial charge in [0.05, 0.1) is 0 Å². The van der Waals surface area contributed by atoms with Gasteiger partial charge in [0.2, 0.25) is 5.91 Å². The third-order valence-electron chi connectivity index (χ3n) is 3.77. The Bertz CT molecular complexity index is 866. The number of hydrogen-bond acceptors (Lipinski definition) is 3. The minimum absolute atomic E-state index is 0.213. The van der Waals surface area contributed by atoms with Crippen molar-refractivity contribution in [3.05, 3.63) is 63.0 Å². The van der Waals surface area contributed by atoms with Crippen LogP contribution in [0.2, 0.25) is 0 Å². The summed E-state index contributed by atoms with van der Waals surface area (Å²) in [6.07, 6.45) is 1.67. The summed E-state index contributed by atoms with van der Waals surface area (Å²) >= 11 is 6.89. The molecule has 25 heavy (non-hydrogen) atoms. The molecule has 2 aromatic carbocycles. The summed E-state index contributed by atoms with van der Waals surface area (Å²) in [5.74, 6) is -1.26. The van der Waals surface area contributed by atoms with Gasteiger partial charge in [0, 0.05) is 38.4 Å². The highest BCUT2D eigenvalue weighted by molar-refractivity contribution is 9.11. The highest BCUT2D eigenvalue weighted by atomic mass is 79.9. The van der Waals surface area contributed by atoms with Gasteiger partial charge >= 0.3 is 5.97 Å². The molecule has 1 aliphatic heterocycles. The van der Waals surface area contributed by atoms with Crippen molar-refractivity contribution < 1.29 is 14.7 Å². The van der Waals surface area contributed by atoms with Crippen LogP contribution in [0.1, 0.15) is 12.0 Å². The SMILES string of the molecule is O=C(/C=C1\CC(C(=O)O)Nc2cc(Br)cc(Br)c21)Nc1ccccc1. The summed E-state index contributed by atoms with van der Waals surface area (Å²) in [7, 11) is 0. The van der Waals surface area contributed by atoms with Crippen LogP contribution in [0.15, 0.2) is 57.5 Å². The molecule has 0 radical (unpaired) electrons. The summed E-state index contributed by atoms with van der Waals surface area (Å²) in [6.45, 7) is 0. The first kappa shape index (κ1) is 17.7. The number of amides is 1. The van der Waals surface area contributed by atoms with Gasteiger partial charge in [-0.05, 0) is 29.8 Å². The van der Waals surface area contributed by atoms with Crippen LogP contribution in [-0.4, -0.2) is 23.0 Å². The molecule has 128 valence electrons. The van der Waals surface area contributed by atoms with E-state index in [1.807, 2.05) is 24.3 Å². The summed E-state index contributed by atoms with van der Waals surface area (Å²) in [4.78, 5) is 23.8. The van der Waals surface area contributed by atoms with Gasteiger partial charge in [-0.3, -0.25) is 4.79 Å². The Balaban J connectivity index is 1.97. The molecule has 5 nitrogen and oxygen atoms in total. The van der Waals surface area contributed by atoms with Crippen molar-refractivity contribution in [1.82, 2.24) is 0 Å². The number of hydrogen-bond donors (Lipinski definition) is 3. The molecule has 3 rings (SSSR count). The smallest absolute Gasteiger partial charge is 0.326 e. The second kappa shape index (κ2) is 7.41. The Kier molecular flexibility index (Phi) is 5.24. The standard InChI is InChI=1S/C18H14Br2N2O3/c19-11-8-13(20)17-10(6-15(18(24)25)22-14(17)9-11)7-16(23)21-12-4-2-1-3-5-12/h1-5,7-9,15,22H,6H2,(H,21,23)(H,24,25)/b10-7+.